The molecule has 0 aliphatic heterocycles. The van der Waals surface area contributed by atoms with Gasteiger partial charge in [-0.2, -0.15) is 0 Å². The van der Waals surface area contributed by atoms with Crippen LogP contribution in [0.4, 0.5) is 4.39 Å². The summed E-state index contributed by atoms with van der Waals surface area (Å²) in [5.74, 6) is -0.363. The van der Waals surface area contributed by atoms with Crippen molar-refractivity contribution in [2.24, 2.45) is 0 Å². The highest BCUT2D eigenvalue weighted by molar-refractivity contribution is 9.09. The third-order valence-corrected chi connectivity index (χ3v) is 4.01. The van der Waals surface area contributed by atoms with Gasteiger partial charge in [0.05, 0.1) is 12.4 Å². The largest absolute Gasteiger partial charge is 0.460 e. The second-order valence-electron chi connectivity index (χ2n) is 5.14. The minimum absolute atomic E-state index is 0.0335. The van der Waals surface area contributed by atoms with E-state index in [2.05, 4.69) is 31.2 Å². The van der Waals surface area contributed by atoms with E-state index in [1.165, 1.54) is 0 Å². The summed E-state index contributed by atoms with van der Waals surface area (Å²) in [5.41, 5.74) is 0. The van der Waals surface area contributed by atoms with E-state index in [1.807, 2.05) is 0 Å². The molecule has 0 atom stereocenters. The Hall–Kier alpha value is -1.24. The number of aromatic nitrogens is 2. The molecule has 1 heterocycles. The van der Waals surface area contributed by atoms with E-state index in [-0.39, 0.29) is 24.1 Å². The van der Waals surface area contributed by atoms with Crippen molar-refractivity contribution < 1.29 is 13.9 Å². The van der Waals surface area contributed by atoms with Gasteiger partial charge in [-0.05, 0) is 32.1 Å². The molecule has 5 nitrogen and oxygen atoms in total. The minimum atomic E-state index is -0.475. The molecule has 2 rings (SSSR count). The fraction of sp³-hybridized carbons (Fsp3) is 0.643. The van der Waals surface area contributed by atoms with Crippen LogP contribution in [0, 0.1) is 5.82 Å². The minimum Gasteiger partial charge on any atom is -0.460 e. The predicted octanol–water partition coefficient (Wildman–Crippen LogP) is 2.60. The SMILES string of the molecule is O=C(CCCBr)NC1CCC(Oc2ncc(F)cn2)CC1. The smallest absolute Gasteiger partial charge is 0.316 e. The second kappa shape index (κ2) is 8.26. The Bertz CT molecular complexity index is 450. The normalized spacial score (nSPS) is 21.8. The maximum absolute atomic E-state index is 12.7. The topological polar surface area (TPSA) is 64.1 Å². The Balaban J connectivity index is 1.70. The molecule has 116 valence electrons. The number of hydrogen-bond donors (Lipinski definition) is 1. The van der Waals surface area contributed by atoms with Crippen LogP contribution in [0.15, 0.2) is 12.4 Å². The highest BCUT2D eigenvalue weighted by atomic mass is 79.9. The van der Waals surface area contributed by atoms with Gasteiger partial charge in [-0.3, -0.25) is 4.79 Å². The first-order valence-corrected chi connectivity index (χ1v) is 8.29. The molecular weight excluding hydrogens is 341 g/mol. The molecule has 0 unspecified atom stereocenters. The number of ether oxygens (including phenoxy) is 1. The van der Waals surface area contributed by atoms with E-state index in [1.54, 1.807) is 0 Å². The lowest BCUT2D eigenvalue weighted by Crippen LogP contribution is -2.39. The summed E-state index contributed by atoms with van der Waals surface area (Å²) in [4.78, 5) is 19.2. The van der Waals surface area contributed by atoms with E-state index in [0.717, 1.165) is 49.8 Å². The van der Waals surface area contributed by atoms with Gasteiger partial charge in [-0.25, -0.2) is 14.4 Å². The maximum Gasteiger partial charge on any atom is 0.316 e. The van der Waals surface area contributed by atoms with Crippen molar-refractivity contribution in [3.63, 3.8) is 0 Å². The Morgan fingerprint density at radius 1 is 1.33 bits per heavy atom. The molecule has 0 saturated heterocycles. The molecule has 7 heteroatoms. The van der Waals surface area contributed by atoms with Gasteiger partial charge in [0, 0.05) is 17.8 Å². The van der Waals surface area contributed by atoms with Crippen LogP contribution in [-0.2, 0) is 4.79 Å². The molecule has 1 N–H and O–H groups in total. The second-order valence-corrected chi connectivity index (χ2v) is 5.93. The first-order valence-electron chi connectivity index (χ1n) is 7.17. The summed E-state index contributed by atoms with van der Waals surface area (Å²) in [7, 11) is 0. The summed E-state index contributed by atoms with van der Waals surface area (Å²) in [6.07, 6.45) is 7.07. The first kappa shape index (κ1) is 16.1. The van der Waals surface area contributed by atoms with Crippen LogP contribution in [0.1, 0.15) is 38.5 Å². The molecule has 1 fully saturated rings. The Morgan fingerprint density at radius 2 is 2.00 bits per heavy atom. The number of carbonyl (C=O) groups is 1. The van der Waals surface area contributed by atoms with Crippen LogP contribution < -0.4 is 10.1 Å². The number of rotatable bonds is 6. The number of nitrogens with one attached hydrogen (secondary N) is 1. The fourth-order valence-corrected chi connectivity index (χ4v) is 2.64. The third-order valence-electron chi connectivity index (χ3n) is 3.45. The highest BCUT2D eigenvalue weighted by Gasteiger charge is 2.24. The van der Waals surface area contributed by atoms with Gasteiger partial charge in [0.15, 0.2) is 5.82 Å². The van der Waals surface area contributed by atoms with Gasteiger partial charge < -0.3 is 10.1 Å². The van der Waals surface area contributed by atoms with Gasteiger partial charge in [-0.1, -0.05) is 15.9 Å². The third kappa shape index (κ3) is 5.57. The fourth-order valence-electron chi connectivity index (χ4n) is 2.36. The summed E-state index contributed by atoms with van der Waals surface area (Å²) in [6, 6.07) is 0.433. The predicted molar refractivity (Wildman–Crippen MR) is 79.8 cm³/mol. The average molecular weight is 360 g/mol. The summed E-state index contributed by atoms with van der Waals surface area (Å²) in [6.45, 7) is 0. The Kier molecular flexibility index (Phi) is 6.35. The van der Waals surface area contributed by atoms with E-state index in [9.17, 15) is 9.18 Å². The van der Waals surface area contributed by atoms with Crippen molar-refractivity contribution in [3.05, 3.63) is 18.2 Å². The molecule has 0 bridgehead atoms. The zero-order valence-corrected chi connectivity index (χ0v) is 13.3. The number of alkyl halides is 1. The molecule has 0 spiro atoms. The van der Waals surface area contributed by atoms with Crippen LogP contribution in [0.3, 0.4) is 0 Å². The molecule has 0 radical (unpaired) electrons. The zero-order valence-electron chi connectivity index (χ0n) is 11.7. The lowest BCUT2D eigenvalue weighted by Gasteiger charge is -2.28. The molecular formula is C14H19BrFN3O2. The average Bonchev–Trinajstić information content (AvgIpc) is 2.49. The highest BCUT2D eigenvalue weighted by Crippen LogP contribution is 2.22. The van der Waals surface area contributed by atoms with Crippen LogP contribution in [0.5, 0.6) is 6.01 Å². The quantitative estimate of drug-likeness (QED) is 0.792. The van der Waals surface area contributed by atoms with Crippen LogP contribution in [-0.4, -0.2) is 33.4 Å². The monoisotopic (exact) mass is 359 g/mol. The van der Waals surface area contributed by atoms with Gasteiger partial charge in [0.25, 0.3) is 0 Å². The van der Waals surface area contributed by atoms with Crippen LogP contribution in [0.25, 0.3) is 0 Å². The molecule has 1 amide bonds. The molecule has 1 aromatic heterocycles. The number of nitrogens with zero attached hydrogens (tertiary/aromatic N) is 2. The Labute approximate surface area is 131 Å². The van der Waals surface area contributed by atoms with Crippen molar-refractivity contribution in [3.8, 4) is 6.01 Å². The van der Waals surface area contributed by atoms with Gasteiger partial charge in [-0.15, -0.1) is 0 Å². The van der Waals surface area contributed by atoms with Crippen molar-refractivity contribution >= 4 is 21.8 Å². The lowest BCUT2D eigenvalue weighted by atomic mass is 9.93. The van der Waals surface area contributed by atoms with Crippen molar-refractivity contribution in [1.82, 2.24) is 15.3 Å². The number of halogens is 2. The van der Waals surface area contributed by atoms with Crippen LogP contribution in [0.2, 0.25) is 0 Å². The summed E-state index contributed by atoms with van der Waals surface area (Å²) < 4.78 is 18.3. The molecule has 1 aliphatic carbocycles. The number of carbonyl (C=O) groups excluding carboxylic acids is 1. The zero-order chi connectivity index (χ0) is 15.1. The van der Waals surface area contributed by atoms with Gasteiger partial charge >= 0.3 is 6.01 Å². The van der Waals surface area contributed by atoms with Gasteiger partial charge in [0.2, 0.25) is 5.91 Å². The lowest BCUT2D eigenvalue weighted by molar-refractivity contribution is -0.122. The van der Waals surface area contributed by atoms with E-state index in [4.69, 9.17) is 4.74 Å². The number of hydrogen-bond acceptors (Lipinski definition) is 4. The van der Waals surface area contributed by atoms with Crippen LogP contribution >= 0.6 is 15.9 Å². The molecule has 1 aromatic rings. The molecule has 21 heavy (non-hydrogen) atoms. The molecule has 1 saturated carbocycles. The molecule has 1 aliphatic rings. The van der Waals surface area contributed by atoms with E-state index in [0.29, 0.717) is 6.42 Å². The molecule has 0 aromatic carbocycles. The van der Waals surface area contributed by atoms with E-state index < -0.39 is 5.82 Å². The summed E-state index contributed by atoms with van der Waals surface area (Å²) in [5, 5.41) is 3.90. The maximum atomic E-state index is 12.7. The summed E-state index contributed by atoms with van der Waals surface area (Å²) >= 11 is 3.32. The first-order chi connectivity index (χ1) is 10.2. The Morgan fingerprint density at radius 3 is 2.62 bits per heavy atom. The standard InChI is InChI=1S/C14H19BrFN3O2/c15-7-1-2-13(20)19-11-3-5-12(6-4-11)21-14-17-8-10(16)9-18-14/h8-9,11-12H,1-7H2,(H,19,20). The van der Waals surface area contributed by atoms with Crippen molar-refractivity contribution in [2.45, 2.75) is 50.7 Å². The van der Waals surface area contributed by atoms with Crippen molar-refractivity contribution in [1.29, 1.82) is 0 Å². The van der Waals surface area contributed by atoms with E-state index >= 15 is 0 Å². The number of amides is 1. The van der Waals surface area contributed by atoms with Gasteiger partial charge in [0.1, 0.15) is 6.10 Å². The van der Waals surface area contributed by atoms with Crippen molar-refractivity contribution in [2.75, 3.05) is 5.33 Å².